The molecule has 7 heteroatoms. The molecule has 0 aliphatic heterocycles. The fourth-order valence-corrected chi connectivity index (χ4v) is 1.46. The van der Waals surface area contributed by atoms with Crippen molar-refractivity contribution in [3.8, 4) is 0 Å². The van der Waals surface area contributed by atoms with E-state index in [2.05, 4.69) is 0 Å². The molecule has 118 valence electrons. The van der Waals surface area contributed by atoms with E-state index in [1.165, 1.54) is 4.90 Å². The minimum atomic E-state index is -1.27. The molecule has 0 spiro atoms. The molecule has 1 atom stereocenters. The van der Waals surface area contributed by atoms with Gasteiger partial charge in [-0.1, -0.05) is 14.4 Å². The minimum Gasteiger partial charge on any atom is -0.394 e. The normalized spacial score (nSPS) is 13.4. The summed E-state index contributed by atoms with van der Waals surface area (Å²) >= 11 is 0. The van der Waals surface area contributed by atoms with E-state index in [4.69, 9.17) is 9.84 Å². The molecule has 0 aromatic rings. The number of nitrogens with zero attached hydrogens (tertiary/aromatic N) is 1. The van der Waals surface area contributed by atoms with Crippen molar-refractivity contribution in [2.45, 2.75) is 32.4 Å². The molecule has 0 heterocycles. The van der Waals surface area contributed by atoms with Gasteiger partial charge in [-0.15, -0.1) is 0 Å². The lowest BCUT2D eigenvalue weighted by molar-refractivity contribution is -0.115. The predicted molar refractivity (Wildman–Crippen MR) is 71.6 cm³/mol. The largest absolute Gasteiger partial charge is 0.394 e. The highest BCUT2D eigenvalue weighted by atomic mass is 16.5. The minimum absolute atomic E-state index is 0. The van der Waals surface area contributed by atoms with Gasteiger partial charge in [-0.3, -0.25) is 4.90 Å². The van der Waals surface area contributed by atoms with Crippen LogP contribution in [0.15, 0.2) is 0 Å². The van der Waals surface area contributed by atoms with Crippen molar-refractivity contribution in [3.05, 3.63) is 0 Å². The van der Waals surface area contributed by atoms with E-state index >= 15 is 0 Å². The van der Waals surface area contributed by atoms with Crippen LogP contribution < -0.4 is 0 Å². The zero-order valence-corrected chi connectivity index (χ0v) is 10.8. The van der Waals surface area contributed by atoms with Crippen molar-refractivity contribution in [1.29, 1.82) is 0 Å². The Bertz CT molecular complexity index is 192. The molecule has 0 aliphatic carbocycles. The molecule has 0 saturated heterocycles. The monoisotopic (exact) mass is 283 g/mol. The van der Waals surface area contributed by atoms with E-state index in [1.807, 2.05) is 6.92 Å². The van der Waals surface area contributed by atoms with E-state index in [9.17, 15) is 20.4 Å². The summed E-state index contributed by atoms with van der Waals surface area (Å²) < 4.78 is 5.30. The summed E-state index contributed by atoms with van der Waals surface area (Å²) in [5.74, 6) is 0. The van der Waals surface area contributed by atoms with Gasteiger partial charge < -0.3 is 30.3 Å². The van der Waals surface area contributed by atoms with Crippen molar-refractivity contribution >= 4 is 0 Å². The van der Waals surface area contributed by atoms with Gasteiger partial charge in [0.1, 0.15) is 0 Å². The first kappa shape index (κ1) is 21.0. The maximum Gasteiger partial charge on any atom is 0.0997 e. The molecule has 0 bridgehead atoms. The molecular formula is C12H29NO6. The Labute approximate surface area is 115 Å². The van der Waals surface area contributed by atoms with Gasteiger partial charge in [-0.05, 0) is 6.42 Å². The van der Waals surface area contributed by atoms with Crippen LogP contribution in [0.1, 0.15) is 20.8 Å². The number of aliphatic hydroxyl groups is 5. The number of aliphatic hydroxyl groups excluding tert-OH is 5. The summed E-state index contributed by atoms with van der Waals surface area (Å²) in [6.45, 7) is 0.584. The Kier molecular flexibility index (Phi) is 12.8. The topological polar surface area (TPSA) is 114 Å². The molecule has 1 unspecified atom stereocenters. The SMILES string of the molecule is C.CCCOCN(CC(O)CO)C(CO)(CO)CO. The Morgan fingerprint density at radius 3 is 2.00 bits per heavy atom. The fraction of sp³-hybridized carbons (Fsp3) is 1.00. The zero-order valence-electron chi connectivity index (χ0n) is 10.8. The molecular weight excluding hydrogens is 254 g/mol. The summed E-state index contributed by atoms with van der Waals surface area (Å²) in [7, 11) is 0. The molecule has 0 fully saturated rings. The number of hydrogen-bond donors (Lipinski definition) is 5. The number of β-amino-alcohol motifs (C(OH)–C–C–N with tert-alkyl or cyclic N) is 1. The standard InChI is InChI=1S/C11H25NO6.CH4/c1-2-3-18-9-12(4-10(17)5-13)11(6-14,7-15)8-16;/h10,13-17H,2-9H2,1H3;1H4. The van der Waals surface area contributed by atoms with Gasteiger partial charge >= 0.3 is 0 Å². The molecule has 5 N–H and O–H groups in total. The summed E-state index contributed by atoms with van der Waals surface area (Å²) in [5, 5.41) is 46.3. The quantitative estimate of drug-likeness (QED) is 0.229. The summed E-state index contributed by atoms with van der Waals surface area (Å²) in [6, 6.07) is 0. The summed E-state index contributed by atoms with van der Waals surface area (Å²) in [5.41, 5.74) is -1.27. The first-order chi connectivity index (χ1) is 8.60. The highest BCUT2D eigenvalue weighted by molar-refractivity contribution is 4.89. The van der Waals surface area contributed by atoms with Crippen LogP contribution in [0, 0.1) is 0 Å². The second-order valence-corrected chi connectivity index (χ2v) is 4.29. The van der Waals surface area contributed by atoms with Gasteiger partial charge in [0.25, 0.3) is 0 Å². The van der Waals surface area contributed by atoms with E-state index in [0.29, 0.717) is 6.61 Å². The number of hydrogen-bond acceptors (Lipinski definition) is 7. The first-order valence-corrected chi connectivity index (χ1v) is 6.04. The van der Waals surface area contributed by atoms with Crippen molar-refractivity contribution in [2.75, 3.05) is 46.3 Å². The molecule has 0 aromatic carbocycles. The van der Waals surface area contributed by atoms with Crippen LogP contribution in [0.5, 0.6) is 0 Å². The molecule has 7 nitrogen and oxygen atoms in total. The molecule has 0 aliphatic rings. The van der Waals surface area contributed by atoms with Crippen LogP contribution in [-0.2, 0) is 4.74 Å². The lowest BCUT2D eigenvalue weighted by Crippen LogP contribution is -2.59. The summed E-state index contributed by atoms with van der Waals surface area (Å²) in [4.78, 5) is 1.43. The number of ether oxygens (including phenoxy) is 1. The van der Waals surface area contributed by atoms with Crippen molar-refractivity contribution in [2.24, 2.45) is 0 Å². The molecule has 0 saturated carbocycles. The van der Waals surface area contributed by atoms with Crippen molar-refractivity contribution in [1.82, 2.24) is 4.90 Å². The maximum atomic E-state index is 9.44. The fourth-order valence-electron chi connectivity index (χ4n) is 1.46. The Balaban J connectivity index is 0. The van der Waals surface area contributed by atoms with Gasteiger partial charge in [-0.25, -0.2) is 0 Å². The number of rotatable bonds is 11. The Morgan fingerprint density at radius 2 is 1.63 bits per heavy atom. The van der Waals surface area contributed by atoms with E-state index in [1.54, 1.807) is 0 Å². The third-order valence-electron chi connectivity index (χ3n) is 2.79. The van der Waals surface area contributed by atoms with Crippen molar-refractivity contribution in [3.63, 3.8) is 0 Å². The average molecular weight is 283 g/mol. The second-order valence-electron chi connectivity index (χ2n) is 4.29. The van der Waals surface area contributed by atoms with Gasteiger partial charge in [0.05, 0.1) is 44.8 Å². The highest BCUT2D eigenvalue weighted by Crippen LogP contribution is 2.15. The van der Waals surface area contributed by atoms with Gasteiger partial charge in [0.2, 0.25) is 0 Å². The molecule has 0 rings (SSSR count). The predicted octanol–water partition coefficient (Wildman–Crippen LogP) is -1.62. The van der Waals surface area contributed by atoms with Crippen LogP contribution in [0.3, 0.4) is 0 Å². The lowest BCUT2D eigenvalue weighted by atomic mass is 10.0. The van der Waals surface area contributed by atoms with Crippen molar-refractivity contribution < 1.29 is 30.3 Å². The van der Waals surface area contributed by atoms with E-state index < -0.39 is 38.1 Å². The second kappa shape index (κ2) is 11.5. The third kappa shape index (κ3) is 6.62. The molecule has 0 radical (unpaired) electrons. The molecule has 0 aromatic heterocycles. The third-order valence-corrected chi connectivity index (χ3v) is 2.79. The first-order valence-electron chi connectivity index (χ1n) is 6.04. The average Bonchev–Trinajstić information content (AvgIpc) is 2.41. The highest BCUT2D eigenvalue weighted by Gasteiger charge is 2.36. The van der Waals surface area contributed by atoms with Crippen LogP contribution in [0.2, 0.25) is 0 Å². The maximum absolute atomic E-state index is 9.44. The van der Waals surface area contributed by atoms with E-state index in [0.717, 1.165) is 6.42 Å². The van der Waals surface area contributed by atoms with E-state index in [-0.39, 0.29) is 20.7 Å². The Hall–Kier alpha value is -0.280. The van der Waals surface area contributed by atoms with Gasteiger partial charge in [0, 0.05) is 13.2 Å². The smallest absolute Gasteiger partial charge is 0.0997 e. The molecule has 19 heavy (non-hydrogen) atoms. The van der Waals surface area contributed by atoms with Crippen LogP contribution in [-0.4, -0.2) is 88.4 Å². The van der Waals surface area contributed by atoms with Crippen LogP contribution >= 0.6 is 0 Å². The lowest BCUT2D eigenvalue weighted by Gasteiger charge is -2.40. The Morgan fingerprint density at radius 1 is 1.11 bits per heavy atom. The summed E-state index contributed by atoms with van der Waals surface area (Å²) in [6.07, 6.45) is -0.222. The van der Waals surface area contributed by atoms with Crippen LogP contribution in [0.25, 0.3) is 0 Å². The van der Waals surface area contributed by atoms with Crippen LogP contribution in [0.4, 0.5) is 0 Å². The van der Waals surface area contributed by atoms with Gasteiger partial charge in [-0.2, -0.15) is 0 Å². The molecule has 0 amide bonds. The zero-order chi connectivity index (χ0) is 14.0. The van der Waals surface area contributed by atoms with Gasteiger partial charge in [0.15, 0.2) is 0 Å².